The first-order chi connectivity index (χ1) is 8.54. The molecule has 1 aromatic rings. The molecule has 0 heterocycles. The van der Waals surface area contributed by atoms with Crippen molar-refractivity contribution in [3.63, 3.8) is 0 Å². The highest BCUT2D eigenvalue weighted by Gasteiger charge is 2.44. The summed E-state index contributed by atoms with van der Waals surface area (Å²) in [6.07, 6.45) is 2.90. The van der Waals surface area contributed by atoms with E-state index in [1.54, 1.807) is 7.11 Å². The molecule has 0 bridgehead atoms. The molecule has 0 amide bonds. The van der Waals surface area contributed by atoms with Gasteiger partial charge in [0.05, 0.1) is 12.7 Å². The van der Waals surface area contributed by atoms with E-state index < -0.39 is 0 Å². The van der Waals surface area contributed by atoms with Gasteiger partial charge in [0.1, 0.15) is 5.75 Å². The molecular formula is C15H21NO2. The number of ketones is 1. The summed E-state index contributed by atoms with van der Waals surface area (Å²) >= 11 is 0. The van der Waals surface area contributed by atoms with Crippen LogP contribution >= 0.6 is 0 Å². The molecule has 3 nitrogen and oxygen atoms in total. The minimum Gasteiger partial charge on any atom is -0.496 e. The van der Waals surface area contributed by atoms with E-state index in [4.69, 9.17) is 10.5 Å². The number of rotatable bonds is 4. The van der Waals surface area contributed by atoms with Crippen molar-refractivity contribution in [2.45, 2.75) is 33.1 Å². The van der Waals surface area contributed by atoms with Gasteiger partial charge in [-0.3, -0.25) is 4.79 Å². The van der Waals surface area contributed by atoms with E-state index in [2.05, 4.69) is 0 Å². The van der Waals surface area contributed by atoms with Crippen molar-refractivity contribution >= 4 is 5.78 Å². The number of benzene rings is 1. The van der Waals surface area contributed by atoms with E-state index >= 15 is 0 Å². The molecule has 0 radical (unpaired) electrons. The van der Waals surface area contributed by atoms with Crippen molar-refractivity contribution in [3.05, 3.63) is 28.8 Å². The summed E-state index contributed by atoms with van der Waals surface area (Å²) in [4.78, 5) is 12.7. The molecule has 0 spiro atoms. The molecule has 1 fully saturated rings. The number of methoxy groups -OCH3 is 1. The lowest BCUT2D eigenvalue weighted by molar-refractivity contribution is 0.0632. The van der Waals surface area contributed by atoms with Gasteiger partial charge in [-0.1, -0.05) is 12.5 Å². The Hall–Kier alpha value is -1.35. The SMILES string of the molecule is COc1cc(C)cc(C)c1C(=O)C1(CN)CCC1. The maximum atomic E-state index is 12.7. The van der Waals surface area contributed by atoms with E-state index in [1.165, 1.54) is 0 Å². The highest BCUT2D eigenvalue weighted by atomic mass is 16.5. The number of hydrogen-bond donors (Lipinski definition) is 1. The average Bonchev–Trinajstić information content (AvgIpc) is 2.26. The number of hydrogen-bond acceptors (Lipinski definition) is 3. The lowest BCUT2D eigenvalue weighted by atomic mass is 9.64. The average molecular weight is 247 g/mol. The zero-order chi connectivity index (χ0) is 13.3. The summed E-state index contributed by atoms with van der Waals surface area (Å²) in [5, 5.41) is 0. The van der Waals surface area contributed by atoms with Crippen LogP contribution in [-0.2, 0) is 0 Å². The highest BCUT2D eigenvalue weighted by molar-refractivity contribution is 6.04. The fourth-order valence-electron chi connectivity index (χ4n) is 2.77. The Morgan fingerprint density at radius 2 is 2.06 bits per heavy atom. The molecule has 0 saturated heterocycles. The molecule has 0 atom stereocenters. The standard InChI is InChI=1S/C15H21NO2/c1-10-7-11(2)13(12(8-10)18-3)14(17)15(9-16)5-4-6-15/h7-8H,4-6,9,16H2,1-3H3. The minimum atomic E-state index is -0.340. The normalized spacial score (nSPS) is 17.1. The second-order valence-corrected chi connectivity index (χ2v) is 5.33. The van der Waals surface area contributed by atoms with Crippen LogP contribution in [0.3, 0.4) is 0 Å². The molecule has 1 aromatic carbocycles. The van der Waals surface area contributed by atoms with Crippen LogP contribution in [0.4, 0.5) is 0 Å². The molecule has 1 aliphatic rings. The summed E-state index contributed by atoms with van der Waals surface area (Å²) in [5.41, 5.74) is 8.28. The third-order valence-electron chi connectivity index (χ3n) is 4.07. The van der Waals surface area contributed by atoms with E-state index in [1.807, 2.05) is 26.0 Å². The number of aryl methyl sites for hydroxylation is 2. The number of carbonyl (C=O) groups is 1. The first-order valence-corrected chi connectivity index (χ1v) is 6.44. The van der Waals surface area contributed by atoms with Crippen molar-refractivity contribution < 1.29 is 9.53 Å². The van der Waals surface area contributed by atoms with Gasteiger partial charge >= 0.3 is 0 Å². The Balaban J connectivity index is 2.47. The van der Waals surface area contributed by atoms with Crippen LogP contribution in [0.15, 0.2) is 12.1 Å². The molecule has 3 heteroatoms. The minimum absolute atomic E-state index is 0.158. The van der Waals surface area contributed by atoms with Crippen LogP contribution in [0.2, 0.25) is 0 Å². The monoisotopic (exact) mass is 247 g/mol. The first-order valence-electron chi connectivity index (χ1n) is 6.44. The van der Waals surface area contributed by atoms with Gasteiger partial charge in [0.2, 0.25) is 0 Å². The maximum Gasteiger partial charge on any atom is 0.174 e. The molecule has 0 aliphatic heterocycles. The lowest BCUT2D eigenvalue weighted by Gasteiger charge is -2.39. The summed E-state index contributed by atoms with van der Waals surface area (Å²) in [5.74, 6) is 0.836. The Bertz CT molecular complexity index is 470. The number of Topliss-reactive ketones (excluding diaryl/α,β-unsaturated/α-hetero) is 1. The lowest BCUT2D eigenvalue weighted by Crippen LogP contribution is -2.44. The van der Waals surface area contributed by atoms with Crippen LogP contribution in [0.5, 0.6) is 5.75 Å². The van der Waals surface area contributed by atoms with E-state index in [0.717, 1.165) is 30.4 Å². The van der Waals surface area contributed by atoms with Gasteiger partial charge in [0, 0.05) is 12.0 Å². The summed E-state index contributed by atoms with van der Waals surface area (Å²) in [6, 6.07) is 3.95. The molecule has 2 N–H and O–H groups in total. The highest BCUT2D eigenvalue weighted by Crippen LogP contribution is 2.44. The van der Waals surface area contributed by atoms with Crippen LogP contribution in [0.1, 0.15) is 40.7 Å². The van der Waals surface area contributed by atoms with Gasteiger partial charge in [0.25, 0.3) is 0 Å². The number of ether oxygens (including phenoxy) is 1. The fourth-order valence-corrected chi connectivity index (χ4v) is 2.77. The largest absolute Gasteiger partial charge is 0.496 e. The second-order valence-electron chi connectivity index (χ2n) is 5.33. The van der Waals surface area contributed by atoms with Gasteiger partial charge in [-0.2, -0.15) is 0 Å². The molecular weight excluding hydrogens is 226 g/mol. The van der Waals surface area contributed by atoms with Crippen molar-refractivity contribution in [2.24, 2.45) is 11.1 Å². The third-order valence-corrected chi connectivity index (χ3v) is 4.07. The van der Waals surface area contributed by atoms with Crippen molar-refractivity contribution in [1.82, 2.24) is 0 Å². The van der Waals surface area contributed by atoms with E-state index in [-0.39, 0.29) is 11.2 Å². The molecule has 0 unspecified atom stereocenters. The Kier molecular flexibility index (Phi) is 3.44. The smallest absolute Gasteiger partial charge is 0.174 e. The van der Waals surface area contributed by atoms with Crippen molar-refractivity contribution in [3.8, 4) is 5.75 Å². The summed E-state index contributed by atoms with van der Waals surface area (Å²) in [7, 11) is 1.61. The van der Waals surface area contributed by atoms with Gasteiger partial charge in [0.15, 0.2) is 5.78 Å². The van der Waals surface area contributed by atoms with Gasteiger partial charge in [-0.15, -0.1) is 0 Å². The molecule has 18 heavy (non-hydrogen) atoms. The van der Waals surface area contributed by atoms with E-state index in [0.29, 0.717) is 17.9 Å². The topological polar surface area (TPSA) is 52.3 Å². The van der Waals surface area contributed by atoms with Gasteiger partial charge in [-0.05, 0) is 43.9 Å². The van der Waals surface area contributed by atoms with Crippen LogP contribution in [0, 0.1) is 19.3 Å². The Morgan fingerprint density at radius 3 is 2.50 bits per heavy atom. The first kappa shape index (κ1) is 13.1. The fraction of sp³-hybridized carbons (Fsp3) is 0.533. The Morgan fingerprint density at radius 1 is 1.39 bits per heavy atom. The molecule has 1 aliphatic carbocycles. The maximum absolute atomic E-state index is 12.7. The second kappa shape index (κ2) is 4.73. The van der Waals surface area contributed by atoms with Crippen LogP contribution < -0.4 is 10.5 Å². The number of carbonyl (C=O) groups excluding carboxylic acids is 1. The predicted molar refractivity (Wildman–Crippen MR) is 72.1 cm³/mol. The van der Waals surface area contributed by atoms with Crippen molar-refractivity contribution in [1.29, 1.82) is 0 Å². The van der Waals surface area contributed by atoms with Crippen LogP contribution in [-0.4, -0.2) is 19.4 Å². The predicted octanol–water partition coefficient (Wildman–Crippen LogP) is 2.62. The molecule has 2 rings (SSSR count). The molecule has 1 saturated carbocycles. The van der Waals surface area contributed by atoms with Crippen LogP contribution in [0.25, 0.3) is 0 Å². The van der Waals surface area contributed by atoms with E-state index in [9.17, 15) is 4.79 Å². The molecule has 98 valence electrons. The zero-order valence-electron chi connectivity index (χ0n) is 11.4. The summed E-state index contributed by atoms with van der Waals surface area (Å²) in [6.45, 7) is 4.40. The molecule has 0 aromatic heterocycles. The van der Waals surface area contributed by atoms with Crippen molar-refractivity contribution in [2.75, 3.05) is 13.7 Å². The zero-order valence-corrected chi connectivity index (χ0v) is 11.4. The quantitative estimate of drug-likeness (QED) is 0.832. The number of nitrogens with two attached hydrogens (primary N) is 1. The summed E-state index contributed by atoms with van der Waals surface area (Å²) < 4.78 is 5.37. The van der Waals surface area contributed by atoms with Gasteiger partial charge < -0.3 is 10.5 Å². The van der Waals surface area contributed by atoms with Gasteiger partial charge in [-0.25, -0.2) is 0 Å². The Labute approximate surface area is 108 Å². The third kappa shape index (κ3) is 1.93.